The van der Waals surface area contributed by atoms with E-state index in [0.29, 0.717) is 24.9 Å². The van der Waals surface area contributed by atoms with E-state index in [1.165, 1.54) is 6.42 Å². The maximum atomic E-state index is 12.4. The number of aliphatic carboxylic acids is 1. The number of hydrogen-bond donors (Lipinski definition) is 2. The molecule has 2 N–H and O–H groups in total. The SMILES string of the molecule is CCC1CC(C(=O)O)C(C(=O)NCC2CCCN2CC)C1. The van der Waals surface area contributed by atoms with E-state index in [0.717, 1.165) is 32.4 Å². The number of hydrogen-bond acceptors (Lipinski definition) is 3. The average molecular weight is 296 g/mol. The molecule has 1 amide bonds. The molecule has 1 saturated carbocycles. The highest BCUT2D eigenvalue weighted by molar-refractivity contribution is 5.85. The van der Waals surface area contributed by atoms with Crippen molar-refractivity contribution in [2.45, 2.75) is 52.0 Å². The number of carbonyl (C=O) groups excluding carboxylic acids is 1. The largest absolute Gasteiger partial charge is 0.481 e. The second-order valence-corrected chi connectivity index (χ2v) is 6.47. The molecule has 5 nitrogen and oxygen atoms in total. The minimum Gasteiger partial charge on any atom is -0.481 e. The van der Waals surface area contributed by atoms with Gasteiger partial charge in [-0.25, -0.2) is 0 Å². The maximum absolute atomic E-state index is 12.4. The van der Waals surface area contributed by atoms with Gasteiger partial charge in [-0.15, -0.1) is 0 Å². The molecular formula is C16H28N2O3. The Morgan fingerprint density at radius 1 is 1.24 bits per heavy atom. The molecule has 0 radical (unpaired) electrons. The summed E-state index contributed by atoms with van der Waals surface area (Å²) in [6, 6.07) is 0.422. The fraction of sp³-hybridized carbons (Fsp3) is 0.875. The van der Waals surface area contributed by atoms with Crippen molar-refractivity contribution in [1.82, 2.24) is 10.2 Å². The van der Waals surface area contributed by atoms with Crippen LogP contribution in [0.5, 0.6) is 0 Å². The molecule has 1 saturated heterocycles. The van der Waals surface area contributed by atoms with Crippen LogP contribution in [0.25, 0.3) is 0 Å². The Hall–Kier alpha value is -1.10. The summed E-state index contributed by atoms with van der Waals surface area (Å²) in [5.74, 6) is -1.34. The number of likely N-dealkylation sites (tertiary alicyclic amines) is 1. The van der Waals surface area contributed by atoms with Crippen LogP contribution in [0, 0.1) is 17.8 Å². The van der Waals surface area contributed by atoms with E-state index in [4.69, 9.17) is 0 Å². The molecular weight excluding hydrogens is 268 g/mol. The van der Waals surface area contributed by atoms with Crippen molar-refractivity contribution >= 4 is 11.9 Å². The Bertz CT molecular complexity index is 386. The monoisotopic (exact) mass is 296 g/mol. The zero-order chi connectivity index (χ0) is 15.4. The fourth-order valence-corrected chi connectivity index (χ4v) is 3.93. The number of amides is 1. The highest BCUT2D eigenvalue weighted by Gasteiger charge is 2.42. The number of rotatable bonds is 6. The lowest BCUT2D eigenvalue weighted by atomic mass is 9.95. The Morgan fingerprint density at radius 2 is 1.95 bits per heavy atom. The van der Waals surface area contributed by atoms with Gasteiger partial charge in [0, 0.05) is 12.6 Å². The van der Waals surface area contributed by atoms with Gasteiger partial charge >= 0.3 is 5.97 Å². The van der Waals surface area contributed by atoms with Crippen molar-refractivity contribution in [3.8, 4) is 0 Å². The number of carboxylic acid groups (broad SMARTS) is 1. The van der Waals surface area contributed by atoms with Crippen LogP contribution in [-0.4, -0.2) is 47.6 Å². The molecule has 0 bridgehead atoms. The first-order valence-electron chi connectivity index (χ1n) is 8.31. The van der Waals surface area contributed by atoms with Crippen LogP contribution in [0.3, 0.4) is 0 Å². The minimum atomic E-state index is -0.817. The van der Waals surface area contributed by atoms with Gasteiger partial charge in [0.25, 0.3) is 0 Å². The topological polar surface area (TPSA) is 69.6 Å². The zero-order valence-electron chi connectivity index (χ0n) is 13.2. The van der Waals surface area contributed by atoms with Gasteiger partial charge < -0.3 is 10.4 Å². The number of likely N-dealkylation sites (N-methyl/N-ethyl adjacent to an activating group) is 1. The van der Waals surface area contributed by atoms with Crippen molar-refractivity contribution in [1.29, 1.82) is 0 Å². The van der Waals surface area contributed by atoms with Crippen LogP contribution in [0.2, 0.25) is 0 Å². The molecule has 120 valence electrons. The summed E-state index contributed by atoms with van der Waals surface area (Å²) in [4.78, 5) is 26.1. The van der Waals surface area contributed by atoms with Gasteiger partial charge in [0.15, 0.2) is 0 Å². The van der Waals surface area contributed by atoms with Gasteiger partial charge in [-0.1, -0.05) is 20.3 Å². The highest BCUT2D eigenvalue weighted by atomic mass is 16.4. The van der Waals surface area contributed by atoms with E-state index in [1.54, 1.807) is 0 Å². The summed E-state index contributed by atoms with van der Waals surface area (Å²) in [7, 11) is 0. The molecule has 0 aromatic rings. The van der Waals surface area contributed by atoms with Crippen LogP contribution >= 0.6 is 0 Å². The first-order chi connectivity index (χ1) is 10.1. The quantitative estimate of drug-likeness (QED) is 0.783. The van der Waals surface area contributed by atoms with Crippen LogP contribution in [-0.2, 0) is 9.59 Å². The number of nitrogens with one attached hydrogen (secondary N) is 1. The first-order valence-corrected chi connectivity index (χ1v) is 8.31. The third kappa shape index (κ3) is 3.76. The van der Waals surface area contributed by atoms with Gasteiger partial charge in [-0.3, -0.25) is 14.5 Å². The molecule has 4 atom stereocenters. The van der Waals surface area contributed by atoms with E-state index in [9.17, 15) is 14.7 Å². The zero-order valence-corrected chi connectivity index (χ0v) is 13.2. The predicted octanol–water partition coefficient (Wildman–Crippen LogP) is 1.72. The van der Waals surface area contributed by atoms with Crippen molar-refractivity contribution in [2.75, 3.05) is 19.6 Å². The van der Waals surface area contributed by atoms with Crippen LogP contribution in [0.4, 0.5) is 0 Å². The molecule has 5 heteroatoms. The number of nitrogens with zero attached hydrogens (tertiary/aromatic N) is 1. The summed E-state index contributed by atoms with van der Waals surface area (Å²) in [5, 5.41) is 12.3. The normalized spacial score (nSPS) is 33.2. The van der Waals surface area contributed by atoms with E-state index < -0.39 is 11.9 Å². The molecule has 2 fully saturated rings. The predicted molar refractivity (Wildman–Crippen MR) is 80.9 cm³/mol. The second-order valence-electron chi connectivity index (χ2n) is 6.47. The van der Waals surface area contributed by atoms with Gasteiger partial charge in [-0.05, 0) is 44.7 Å². The summed E-state index contributed by atoms with van der Waals surface area (Å²) >= 11 is 0. The molecule has 4 unspecified atom stereocenters. The maximum Gasteiger partial charge on any atom is 0.307 e. The van der Waals surface area contributed by atoms with Crippen molar-refractivity contribution in [3.63, 3.8) is 0 Å². The summed E-state index contributed by atoms with van der Waals surface area (Å²) in [6.45, 7) is 6.99. The summed E-state index contributed by atoms with van der Waals surface area (Å²) in [5.41, 5.74) is 0. The third-order valence-electron chi connectivity index (χ3n) is 5.31. The Kier molecular flexibility index (Phi) is 5.62. The lowest BCUT2D eigenvalue weighted by Crippen LogP contribution is -2.43. The van der Waals surface area contributed by atoms with E-state index in [-0.39, 0.29) is 11.8 Å². The first kappa shape index (κ1) is 16.3. The van der Waals surface area contributed by atoms with Gasteiger partial charge in [0.2, 0.25) is 5.91 Å². The van der Waals surface area contributed by atoms with Gasteiger partial charge in [0.05, 0.1) is 11.8 Å². The van der Waals surface area contributed by atoms with Crippen LogP contribution in [0.1, 0.15) is 46.0 Å². The molecule has 2 aliphatic rings. The van der Waals surface area contributed by atoms with Gasteiger partial charge in [0.1, 0.15) is 0 Å². The molecule has 21 heavy (non-hydrogen) atoms. The van der Waals surface area contributed by atoms with Crippen LogP contribution in [0.15, 0.2) is 0 Å². The summed E-state index contributed by atoms with van der Waals surface area (Å²) in [6.07, 6.45) is 4.64. The minimum absolute atomic E-state index is 0.0543. The smallest absolute Gasteiger partial charge is 0.307 e. The second kappa shape index (κ2) is 7.25. The number of carbonyl (C=O) groups is 2. The Morgan fingerprint density at radius 3 is 2.57 bits per heavy atom. The van der Waals surface area contributed by atoms with E-state index in [1.807, 2.05) is 0 Å². The third-order valence-corrected chi connectivity index (χ3v) is 5.31. The van der Waals surface area contributed by atoms with Gasteiger partial charge in [-0.2, -0.15) is 0 Å². The Balaban J connectivity index is 1.88. The molecule has 0 aromatic carbocycles. The molecule has 1 aliphatic carbocycles. The average Bonchev–Trinajstić information content (AvgIpc) is 3.10. The number of carboxylic acids is 1. The fourth-order valence-electron chi connectivity index (χ4n) is 3.93. The molecule has 0 spiro atoms. The lowest BCUT2D eigenvalue weighted by Gasteiger charge is -2.24. The Labute approximate surface area is 127 Å². The van der Waals surface area contributed by atoms with E-state index >= 15 is 0 Å². The molecule has 0 aromatic heterocycles. The van der Waals surface area contributed by atoms with Crippen LogP contribution < -0.4 is 5.32 Å². The van der Waals surface area contributed by atoms with Crippen molar-refractivity contribution in [2.24, 2.45) is 17.8 Å². The van der Waals surface area contributed by atoms with E-state index in [2.05, 4.69) is 24.1 Å². The summed E-state index contributed by atoms with van der Waals surface area (Å²) < 4.78 is 0. The molecule has 2 rings (SSSR count). The van der Waals surface area contributed by atoms with Crippen molar-refractivity contribution in [3.05, 3.63) is 0 Å². The van der Waals surface area contributed by atoms with Crippen molar-refractivity contribution < 1.29 is 14.7 Å². The standard InChI is InChI=1S/C16H28N2O3/c1-3-11-8-13(14(9-11)16(20)21)15(19)17-10-12-6-5-7-18(12)4-2/h11-14H,3-10H2,1-2H3,(H,17,19)(H,20,21). The molecule has 1 aliphatic heterocycles. The highest BCUT2D eigenvalue weighted by Crippen LogP contribution is 2.38. The molecule has 1 heterocycles. The lowest BCUT2D eigenvalue weighted by molar-refractivity contribution is -0.146.